The molecule has 1 rings (SSSR count). The third-order valence-electron chi connectivity index (χ3n) is 2.46. The molecule has 0 radical (unpaired) electrons. The van der Waals surface area contributed by atoms with Gasteiger partial charge in [0.05, 0.1) is 12.2 Å². The number of benzene rings is 1. The van der Waals surface area contributed by atoms with E-state index in [9.17, 15) is 26.4 Å². The number of anilines is 1. The predicted octanol–water partition coefficient (Wildman–Crippen LogP) is 2.40. The average molecular weight is 325 g/mol. The summed E-state index contributed by atoms with van der Waals surface area (Å²) in [6.45, 7) is 0. The van der Waals surface area contributed by atoms with Gasteiger partial charge in [0.1, 0.15) is 0 Å². The van der Waals surface area contributed by atoms with Gasteiger partial charge in [-0.3, -0.25) is 9.52 Å². The molecule has 0 unspecified atom stereocenters. The highest BCUT2D eigenvalue weighted by Gasteiger charge is 2.27. The topological polar surface area (TPSA) is 83.5 Å². The summed E-state index contributed by atoms with van der Waals surface area (Å²) in [5.41, 5.74) is 0.665. The van der Waals surface area contributed by atoms with Crippen LogP contribution in [0.3, 0.4) is 0 Å². The quantitative estimate of drug-likeness (QED) is 0.806. The zero-order valence-electron chi connectivity index (χ0n) is 10.9. The molecule has 0 aromatic heterocycles. The smallest absolute Gasteiger partial charge is 0.389 e. The number of hydrogen-bond acceptors (Lipinski definition) is 3. The molecular formula is C12H14F3NO4S. The van der Waals surface area contributed by atoms with Crippen LogP contribution in [0.25, 0.3) is 0 Å². The maximum Gasteiger partial charge on any atom is 0.389 e. The van der Waals surface area contributed by atoms with Crippen LogP contribution in [0, 0.1) is 0 Å². The van der Waals surface area contributed by atoms with Crippen molar-refractivity contribution in [1.82, 2.24) is 0 Å². The molecule has 118 valence electrons. The van der Waals surface area contributed by atoms with Crippen LogP contribution in [0.5, 0.6) is 0 Å². The minimum Gasteiger partial charge on any atom is -0.481 e. The average Bonchev–Trinajstić information content (AvgIpc) is 2.28. The standard InChI is InChI=1S/C12H14F3NO4S/c13-12(14,15)6-1-7-21(19,20)16-10-4-2-9(3-5-10)8-11(17)18/h2-5,16H,1,6-8H2,(H,17,18). The van der Waals surface area contributed by atoms with Gasteiger partial charge in [0.2, 0.25) is 10.0 Å². The van der Waals surface area contributed by atoms with Crippen molar-refractivity contribution >= 4 is 21.7 Å². The Balaban J connectivity index is 2.57. The molecule has 0 saturated carbocycles. The van der Waals surface area contributed by atoms with Crippen molar-refractivity contribution in [2.75, 3.05) is 10.5 Å². The Kier molecular flexibility index (Phi) is 5.59. The summed E-state index contributed by atoms with van der Waals surface area (Å²) in [6.07, 6.45) is -6.26. The van der Waals surface area contributed by atoms with Gasteiger partial charge in [0.15, 0.2) is 0 Å². The van der Waals surface area contributed by atoms with E-state index in [1.165, 1.54) is 24.3 Å². The SMILES string of the molecule is O=C(O)Cc1ccc(NS(=O)(=O)CCCC(F)(F)F)cc1. The summed E-state index contributed by atoms with van der Waals surface area (Å²) in [4.78, 5) is 10.5. The lowest BCUT2D eigenvalue weighted by molar-refractivity contribution is -0.136. The van der Waals surface area contributed by atoms with Crippen LogP contribution in [0.4, 0.5) is 18.9 Å². The van der Waals surface area contributed by atoms with Crippen LogP contribution in [-0.2, 0) is 21.2 Å². The van der Waals surface area contributed by atoms with Gasteiger partial charge >= 0.3 is 12.1 Å². The molecule has 1 aromatic rings. The number of halogens is 3. The molecule has 0 saturated heterocycles. The fraction of sp³-hybridized carbons (Fsp3) is 0.417. The maximum absolute atomic E-state index is 11.9. The van der Waals surface area contributed by atoms with E-state index in [1.807, 2.05) is 0 Å². The summed E-state index contributed by atoms with van der Waals surface area (Å²) in [5, 5.41) is 8.58. The number of sulfonamides is 1. The molecular weight excluding hydrogens is 311 g/mol. The minimum atomic E-state index is -4.38. The van der Waals surface area contributed by atoms with Gasteiger partial charge < -0.3 is 5.11 Å². The molecule has 0 aliphatic carbocycles. The van der Waals surface area contributed by atoms with Gasteiger partial charge in [-0.2, -0.15) is 13.2 Å². The van der Waals surface area contributed by atoms with Crippen LogP contribution >= 0.6 is 0 Å². The summed E-state index contributed by atoms with van der Waals surface area (Å²) in [5.74, 6) is -1.65. The molecule has 0 heterocycles. The number of aliphatic carboxylic acids is 1. The molecule has 2 N–H and O–H groups in total. The first-order valence-electron chi connectivity index (χ1n) is 5.95. The van der Waals surface area contributed by atoms with Crippen LogP contribution in [-0.4, -0.2) is 31.4 Å². The highest BCUT2D eigenvalue weighted by molar-refractivity contribution is 7.92. The molecule has 21 heavy (non-hydrogen) atoms. The monoisotopic (exact) mass is 325 g/mol. The van der Waals surface area contributed by atoms with Gasteiger partial charge in [0.25, 0.3) is 0 Å². The van der Waals surface area contributed by atoms with Gasteiger partial charge in [-0.15, -0.1) is 0 Å². The first-order chi connectivity index (χ1) is 9.57. The molecule has 0 amide bonds. The van der Waals surface area contributed by atoms with E-state index in [1.54, 1.807) is 0 Å². The van der Waals surface area contributed by atoms with Crippen molar-refractivity contribution in [3.63, 3.8) is 0 Å². The largest absolute Gasteiger partial charge is 0.481 e. The third-order valence-corrected chi connectivity index (χ3v) is 3.83. The molecule has 0 aliphatic rings. The van der Waals surface area contributed by atoms with Crippen molar-refractivity contribution in [2.24, 2.45) is 0 Å². The maximum atomic E-state index is 11.9. The third kappa shape index (κ3) is 7.54. The molecule has 0 spiro atoms. The summed E-state index contributed by atoms with van der Waals surface area (Å²) in [7, 11) is -3.86. The number of carboxylic acids is 1. The Morgan fingerprint density at radius 3 is 2.24 bits per heavy atom. The summed E-state index contributed by atoms with van der Waals surface area (Å²) in [6, 6.07) is 5.59. The van der Waals surface area contributed by atoms with E-state index in [0.717, 1.165) is 0 Å². The highest BCUT2D eigenvalue weighted by atomic mass is 32.2. The molecule has 0 bridgehead atoms. The number of carboxylic acid groups (broad SMARTS) is 1. The van der Waals surface area contributed by atoms with Gasteiger partial charge in [-0.1, -0.05) is 12.1 Å². The van der Waals surface area contributed by atoms with Gasteiger partial charge in [-0.05, 0) is 24.1 Å². The zero-order valence-corrected chi connectivity index (χ0v) is 11.7. The highest BCUT2D eigenvalue weighted by Crippen LogP contribution is 2.22. The lowest BCUT2D eigenvalue weighted by Gasteiger charge is -2.09. The molecule has 0 atom stereocenters. The van der Waals surface area contributed by atoms with E-state index in [2.05, 4.69) is 4.72 Å². The minimum absolute atomic E-state index is 0.177. The molecule has 0 aliphatic heterocycles. The number of nitrogens with one attached hydrogen (secondary N) is 1. The number of alkyl halides is 3. The normalized spacial score (nSPS) is 12.1. The van der Waals surface area contributed by atoms with E-state index in [4.69, 9.17) is 5.11 Å². The first-order valence-corrected chi connectivity index (χ1v) is 7.61. The second-order valence-corrected chi connectivity index (χ2v) is 6.25. The fourth-order valence-electron chi connectivity index (χ4n) is 1.56. The van der Waals surface area contributed by atoms with Crippen molar-refractivity contribution < 1.29 is 31.5 Å². The molecule has 9 heteroatoms. The zero-order chi connectivity index (χ0) is 16.1. The predicted molar refractivity (Wildman–Crippen MR) is 70.5 cm³/mol. The van der Waals surface area contributed by atoms with E-state index in [-0.39, 0.29) is 12.1 Å². The lowest BCUT2D eigenvalue weighted by atomic mass is 10.1. The summed E-state index contributed by atoms with van der Waals surface area (Å²) < 4.78 is 61.1. The fourth-order valence-corrected chi connectivity index (χ4v) is 2.68. The number of hydrogen-bond donors (Lipinski definition) is 2. The Labute approximate surface area is 119 Å². The Hall–Kier alpha value is -1.77. The Morgan fingerprint density at radius 1 is 1.19 bits per heavy atom. The summed E-state index contributed by atoms with van der Waals surface area (Å²) >= 11 is 0. The van der Waals surface area contributed by atoms with Crippen LogP contribution in [0.2, 0.25) is 0 Å². The number of carbonyl (C=O) groups is 1. The van der Waals surface area contributed by atoms with Crippen LogP contribution < -0.4 is 4.72 Å². The van der Waals surface area contributed by atoms with Crippen LogP contribution in [0.1, 0.15) is 18.4 Å². The second-order valence-electron chi connectivity index (χ2n) is 4.41. The van der Waals surface area contributed by atoms with Crippen molar-refractivity contribution in [3.8, 4) is 0 Å². The van der Waals surface area contributed by atoms with Crippen LogP contribution in [0.15, 0.2) is 24.3 Å². The molecule has 5 nitrogen and oxygen atoms in total. The first kappa shape index (κ1) is 17.3. The van der Waals surface area contributed by atoms with Crippen molar-refractivity contribution in [3.05, 3.63) is 29.8 Å². The lowest BCUT2D eigenvalue weighted by Crippen LogP contribution is -2.18. The molecule has 0 fully saturated rings. The number of rotatable bonds is 7. The van der Waals surface area contributed by atoms with E-state index < -0.39 is 40.8 Å². The van der Waals surface area contributed by atoms with E-state index >= 15 is 0 Å². The Bertz CT molecular complexity index is 582. The van der Waals surface area contributed by atoms with Crippen molar-refractivity contribution in [2.45, 2.75) is 25.4 Å². The van der Waals surface area contributed by atoms with Gasteiger partial charge in [-0.25, -0.2) is 8.42 Å². The Morgan fingerprint density at radius 2 is 1.76 bits per heavy atom. The molecule has 1 aromatic carbocycles. The van der Waals surface area contributed by atoms with Crippen molar-refractivity contribution in [1.29, 1.82) is 0 Å². The second kappa shape index (κ2) is 6.79. The van der Waals surface area contributed by atoms with Gasteiger partial charge in [0, 0.05) is 12.1 Å². The van der Waals surface area contributed by atoms with E-state index in [0.29, 0.717) is 5.56 Å².